The van der Waals surface area contributed by atoms with Crippen LogP contribution in [0.5, 0.6) is 0 Å². The Morgan fingerprint density at radius 3 is 1.67 bits per heavy atom. The quantitative estimate of drug-likeness (QED) is 0.296. The van der Waals surface area contributed by atoms with Crippen molar-refractivity contribution >= 4 is 0 Å². The van der Waals surface area contributed by atoms with Crippen LogP contribution in [0, 0.1) is 7.05 Å². The minimum atomic E-state index is 0. The second kappa shape index (κ2) is 6.63. The first-order chi connectivity index (χ1) is 3.63. The van der Waals surface area contributed by atoms with E-state index in [1.165, 1.54) is 0 Å². The van der Waals surface area contributed by atoms with Crippen LogP contribution in [-0.2, 0) is 0 Å². The first kappa shape index (κ1) is 12.2. The summed E-state index contributed by atoms with van der Waals surface area (Å²) >= 11 is 0. The number of nitrogens with zero attached hydrogens (tertiary/aromatic N) is 2. The van der Waals surface area contributed by atoms with Crippen molar-refractivity contribution < 1.29 is 18.9 Å². The van der Waals surface area contributed by atoms with E-state index >= 15 is 0 Å². The zero-order valence-corrected chi connectivity index (χ0v) is 7.02. The van der Waals surface area contributed by atoms with Gasteiger partial charge in [0.05, 0.1) is 0 Å². The number of hydrogen-bond acceptors (Lipinski definition) is 2. The summed E-state index contributed by atoms with van der Waals surface area (Å²) in [7, 11) is 9.81. The topological polar surface area (TPSA) is 6.48 Å². The molecule has 0 saturated carbocycles. The molecule has 0 aliphatic rings. The van der Waals surface area contributed by atoms with Gasteiger partial charge < -0.3 is 9.80 Å². The summed E-state index contributed by atoms with van der Waals surface area (Å²) < 4.78 is 0. The maximum Gasteiger partial charge on any atom is 1.00 e. The molecule has 0 atom stereocenters. The van der Waals surface area contributed by atoms with Crippen LogP contribution in [-0.4, -0.2) is 44.0 Å². The predicted octanol–water partition coefficient (Wildman–Crippen LogP) is -2.72. The second-order valence-electron chi connectivity index (χ2n) is 2.38. The summed E-state index contributed by atoms with van der Waals surface area (Å²) in [6, 6.07) is 0. The third-order valence-corrected chi connectivity index (χ3v) is 0.929. The summed E-state index contributed by atoms with van der Waals surface area (Å²) in [4.78, 5) is 4.07. The van der Waals surface area contributed by atoms with E-state index in [9.17, 15) is 0 Å². The van der Waals surface area contributed by atoms with E-state index in [-0.39, 0.29) is 18.9 Å². The van der Waals surface area contributed by atoms with E-state index in [1.54, 1.807) is 0 Å². The Morgan fingerprint density at radius 1 is 1.11 bits per heavy atom. The van der Waals surface area contributed by atoms with E-state index in [0.29, 0.717) is 0 Å². The van der Waals surface area contributed by atoms with Crippen LogP contribution in [0.4, 0.5) is 0 Å². The number of rotatable bonds is 3. The zero-order chi connectivity index (χ0) is 6.57. The fraction of sp³-hybridized carbons (Fsp3) is 0.833. The smallest absolute Gasteiger partial charge is 0.461 e. The molecule has 0 rings (SSSR count). The Balaban J connectivity index is 0. The standard InChI is InChI=1S/C6H15N2.Li/c1-7(2)5-6-8(3)4;/h1,5-6H2,2-4H3;/q-1;+1. The fourth-order valence-electron chi connectivity index (χ4n) is 0.371. The van der Waals surface area contributed by atoms with E-state index in [4.69, 9.17) is 0 Å². The van der Waals surface area contributed by atoms with Gasteiger partial charge in [0, 0.05) is 6.54 Å². The van der Waals surface area contributed by atoms with Gasteiger partial charge in [0.2, 0.25) is 0 Å². The molecule has 0 aliphatic carbocycles. The fourth-order valence-corrected chi connectivity index (χ4v) is 0.371. The van der Waals surface area contributed by atoms with E-state index < -0.39 is 0 Å². The Bertz CT molecular complexity index is 47.0. The zero-order valence-electron chi connectivity index (χ0n) is 7.02. The monoisotopic (exact) mass is 122 g/mol. The van der Waals surface area contributed by atoms with Crippen molar-refractivity contribution in [3.8, 4) is 0 Å². The first-order valence-corrected chi connectivity index (χ1v) is 2.79. The molecule has 0 heterocycles. The van der Waals surface area contributed by atoms with Crippen molar-refractivity contribution in [2.45, 2.75) is 0 Å². The van der Waals surface area contributed by atoms with E-state index in [1.807, 2.05) is 11.9 Å². The van der Waals surface area contributed by atoms with Crippen LogP contribution in [0.15, 0.2) is 0 Å². The molecule has 0 fully saturated rings. The Labute approximate surface area is 70.4 Å². The Kier molecular flexibility index (Phi) is 9.01. The molecule has 0 bridgehead atoms. The number of likely N-dealkylation sites (N-methyl/N-ethyl adjacent to an activating group) is 2. The van der Waals surface area contributed by atoms with Crippen molar-refractivity contribution in [1.29, 1.82) is 0 Å². The molecule has 9 heavy (non-hydrogen) atoms. The van der Waals surface area contributed by atoms with Crippen molar-refractivity contribution in [2.24, 2.45) is 0 Å². The van der Waals surface area contributed by atoms with Crippen LogP contribution in [0.1, 0.15) is 0 Å². The molecule has 0 N–H and O–H groups in total. The van der Waals surface area contributed by atoms with Gasteiger partial charge in [-0.15, -0.1) is 0 Å². The molecule has 0 spiro atoms. The summed E-state index contributed by atoms with van der Waals surface area (Å²) in [5, 5.41) is 0. The number of hydrogen-bond donors (Lipinski definition) is 0. The normalized spacial score (nSPS) is 10.0. The van der Waals surface area contributed by atoms with Gasteiger partial charge in [-0.05, 0) is 27.7 Å². The molecule has 2 nitrogen and oxygen atoms in total. The summed E-state index contributed by atoms with van der Waals surface area (Å²) in [6.07, 6.45) is 0. The van der Waals surface area contributed by atoms with Gasteiger partial charge in [-0.2, -0.15) is 0 Å². The van der Waals surface area contributed by atoms with Crippen molar-refractivity contribution in [2.75, 3.05) is 34.2 Å². The van der Waals surface area contributed by atoms with Crippen LogP contribution in [0.25, 0.3) is 0 Å². The molecule has 0 aliphatic heterocycles. The molecule has 0 unspecified atom stereocenters. The molecule has 3 heteroatoms. The molecule has 0 saturated heterocycles. The SMILES string of the molecule is [CH2-]N(C)CCN(C)C.[Li+]. The van der Waals surface area contributed by atoms with Crippen LogP contribution in [0.2, 0.25) is 0 Å². The molecule has 0 aromatic heterocycles. The van der Waals surface area contributed by atoms with Gasteiger partial charge in [0.25, 0.3) is 0 Å². The molecular formula is C6H15LiN2. The third kappa shape index (κ3) is 11.9. The largest absolute Gasteiger partial charge is 1.00 e. The van der Waals surface area contributed by atoms with Gasteiger partial charge >= 0.3 is 18.9 Å². The first-order valence-electron chi connectivity index (χ1n) is 2.79. The minimum Gasteiger partial charge on any atom is -0.461 e. The van der Waals surface area contributed by atoms with Crippen molar-refractivity contribution in [3.05, 3.63) is 7.05 Å². The molecule has 0 aromatic rings. The maximum atomic E-state index is 3.72. The van der Waals surface area contributed by atoms with Crippen LogP contribution >= 0.6 is 0 Å². The summed E-state index contributed by atoms with van der Waals surface area (Å²) in [6.45, 7) is 2.12. The van der Waals surface area contributed by atoms with E-state index in [2.05, 4.69) is 26.0 Å². The molecule has 0 amide bonds. The van der Waals surface area contributed by atoms with Gasteiger partial charge in [-0.1, -0.05) is 0 Å². The average Bonchev–Trinajstić information content (AvgIpc) is 1.61. The van der Waals surface area contributed by atoms with Gasteiger partial charge in [-0.3, -0.25) is 7.05 Å². The molecule has 50 valence electrons. The van der Waals surface area contributed by atoms with Gasteiger partial charge in [0.1, 0.15) is 0 Å². The second-order valence-corrected chi connectivity index (χ2v) is 2.38. The minimum absolute atomic E-state index is 0. The predicted molar refractivity (Wildman–Crippen MR) is 36.5 cm³/mol. The van der Waals surface area contributed by atoms with Gasteiger partial charge in [0.15, 0.2) is 0 Å². The summed E-state index contributed by atoms with van der Waals surface area (Å²) in [5.74, 6) is 0. The average molecular weight is 122 g/mol. The van der Waals surface area contributed by atoms with Crippen molar-refractivity contribution in [1.82, 2.24) is 9.80 Å². The molecule has 0 aromatic carbocycles. The molecular weight excluding hydrogens is 107 g/mol. The summed E-state index contributed by atoms with van der Waals surface area (Å²) in [5.41, 5.74) is 0. The van der Waals surface area contributed by atoms with Gasteiger partial charge in [-0.25, -0.2) is 0 Å². The van der Waals surface area contributed by atoms with Crippen LogP contribution < -0.4 is 18.9 Å². The van der Waals surface area contributed by atoms with E-state index in [0.717, 1.165) is 13.1 Å². The Morgan fingerprint density at radius 2 is 1.56 bits per heavy atom. The maximum absolute atomic E-state index is 3.72. The molecule has 0 radical (unpaired) electrons. The van der Waals surface area contributed by atoms with Crippen molar-refractivity contribution in [3.63, 3.8) is 0 Å². The Hall–Kier alpha value is 0.517. The van der Waals surface area contributed by atoms with Crippen LogP contribution in [0.3, 0.4) is 0 Å². The third-order valence-electron chi connectivity index (χ3n) is 0.929.